The van der Waals surface area contributed by atoms with Crippen LogP contribution in [0.2, 0.25) is 0 Å². The largest absolute Gasteiger partial charge is 0.497 e. The summed E-state index contributed by atoms with van der Waals surface area (Å²) in [4.78, 5) is 24.7. The van der Waals surface area contributed by atoms with Crippen molar-refractivity contribution in [3.63, 3.8) is 0 Å². The SMILES string of the molecule is CCOC(=O)C(C(=O)c1cccc(OC)c1)C(C)(C)C. The smallest absolute Gasteiger partial charge is 0.317 e. The van der Waals surface area contributed by atoms with Crippen LogP contribution in [-0.4, -0.2) is 25.5 Å². The molecule has 0 bridgehead atoms. The summed E-state index contributed by atoms with van der Waals surface area (Å²) in [5.74, 6) is -0.954. The average Bonchev–Trinajstić information content (AvgIpc) is 2.37. The minimum absolute atomic E-state index is 0.241. The number of methoxy groups -OCH3 is 1. The number of ether oxygens (including phenoxy) is 2. The maximum Gasteiger partial charge on any atom is 0.317 e. The zero-order chi connectivity index (χ0) is 15.3. The van der Waals surface area contributed by atoms with Crippen LogP contribution in [0.3, 0.4) is 0 Å². The maximum atomic E-state index is 12.6. The first kappa shape index (κ1) is 16.2. The summed E-state index contributed by atoms with van der Waals surface area (Å²) in [6, 6.07) is 6.81. The monoisotopic (exact) mass is 278 g/mol. The van der Waals surface area contributed by atoms with E-state index in [0.717, 1.165) is 0 Å². The van der Waals surface area contributed by atoms with Gasteiger partial charge in [-0.1, -0.05) is 32.9 Å². The number of ketones is 1. The van der Waals surface area contributed by atoms with E-state index in [0.29, 0.717) is 11.3 Å². The summed E-state index contributed by atoms with van der Waals surface area (Å²) in [5.41, 5.74) is -0.0517. The number of hydrogen-bond acceptors (Lipinski definition) is 4. The van der Waals surface area contributed by atoms with E-state index in [2.05, 4.69) is 0 Å². The standard InChI is InChI=1S/C16H22O4/c1-6-20-15(18)13(16(2,3)4)14(17)11-8-7-9-12(10-11)19-5/h7-10,13H,6H2,1-5H3. The van der Waals surface area contributed by atoms with Crippen molar-refractivity contribution in [3.05, 3.63) is 29.8 Å². The van der Waals surface area contributed by atoms with E-state index in [1.807, 2.05) is 20.8 Å². The average molecular weight is 278 g/mol. The summed E-state index contributed by atoms with van der Waals surface area (Å²) >= 11 is 0. The van der Waals surface area contributed by atoms with Gasteiger partial charge in [0.1, 0.15) is 11.7 Å². The molecule has 1 atom stereocenters. The molecule has 20 heavy (non-hydrogen) atoms. The van der Waals surface area contributed by atoms with Crippen LogP contribution in [0.15, 0.2) is 24.3 Å². The van der Waals surface area contributed by atoms with Crippen LogP contribution in [0.1, 0.15) is 38.1 Å². The van der Waals surface area contributed by atoms with Crippen molar-refractivity contribution in [2.24, 2.45) is 11.3 Å². The molecule has 1 aromatic rings. The van der Waals surface area contributed by atoms with Gasteiger partial charge in [0.2, 0.25) is 0 Å². The molecule has 0 N–H and O–H groups in total. The van der Waals surface area contributed by atoms with Gasteiger partial charge in [0.15, 0.2) is 5.78 Å². The number of Topliss-reactive ketones (excluding diaryl/α,β-unsaturated/α-hetero) is 1. The van der Waals surface area contributed by atoms with E-state index >= 15 is 0 Å². The van der Waals surface area contributed by atoms with Crippen molar-refractivity contribution in [1.29, 1.82) is 0 Å². The van der Waals surface area contributed by atoms with E-state index in [-0.39, 0.29) is 12.4 Å². The van der Waals surface area contributed by atoms with Crippen LogP contribution >= 0.6 is 0 Å². The summed E-state index contributed by atoms with van der Waals surface area (Å²) in [7, 11) is 1.54. The fourth-order valence-corrected chi connectivity index (χ4v) is 2.02. The van der Waals surface area contributed by atoms with Gasteiger partial charge >= 0.3 is 5.97 Å². The Bertz CT molecular complexity index is 485. The van der Waals surface area contributed by atoms with Crippen molar-refractivity contribution in [3.8, 4) is 5.75 Å². The Kier molecular flexibility index (Phi) is 5.31. The van der Waals surface area contributed by atoms with Gasteiger partial charge < -0.3 is 9.47 Å². The normalized spacial score (nSPS) is 12.7. The van der Waals surface area contributed by atoms with Gasteiger partial charge in [-0.3, -0.25) is 9.59 Å². The Balaban J connectivity index is 3.13. The molecule has 4 heteroatoms. The first-order valence-corrected chi connectivity index (χ1v) is 6.66. The van der Waals surface area contributed by atoms with Crippen LogP contribution in [0.4, 0.5) is 0 Å². The second kappa shape index (κ2) is 6.55. The van der Waals surface area contributed by atoms with E-state index in [1.165, 1.54) is 7.11 Å². The molecule has 1 aromatic carbocycles. The zero-order valence-corrected chi connectivity index (χ0v) is 12.7. The Morgan fingerprint density at radius 2 is 1.90 bits per heavy atom. The topological polar surface area (TPSA) is 52.6 Å². The van der Waals surface area contributed by atoms with Crippen molar-refractivity contribution < 1.29 is 19.1 Å². The van der Waals surface area contributed by atoms with Gasteiger partial charge in [0.05, 0.1) is 13.7 Å². The molecule has 1 unspecified atom stereocenters. The Morgan fingerprint density at radius 3 is 2.40 bits per heavy atom. The Morgan fingerprint density at radius 1 is 1.25 bits per heavy atom. The highest BCUT2D eigenvalue weighted by atomic mass is 16.5. The van der Waals surface area contributed by atoms with Gasteiger partial charge in [-0.2, -0.15) is 0 Å². The van der Waals surface area contributed by atoms with Crippen molar-refractivity contribution >= 4 is 11.8 Å². The lowest BCUT2D eigenvalue weighted by atomic mass is 9.76. The fourth-order valence-electron chi connectivity index (χ4n) is 2.02. The molecule has 0 aliphatic heterocycles. The molecule has 0 aromatic heterocycles. The Hall–Kier alpha value is -1.84. The molecule has 0 heterocycles. The number of hydrogen-bond donors (Lipinski definition) is 0. The third-order valence-corrected chi connectivity index (χ3v) is 3.00. The molecule has 0 saturated heterocycles. The third kappa shape index (κ3) is 3.83. The number of benzene rings is 1. The van der Waals surface area contributed by atoms with Gasteiger partial charge in [0, 0.05) is 5.56 Å². The maximum absolute atomic E-state index is 12.6. The molecule has 0 spiro atoms. The van der Waals surface area contributed by atoms with Crippen LogP contribution in [0.25, 0.3) is 0 Å². The molecule has 0 saturated carbocycles. The fraction of sp³-hybridized carbons (Fsp3) is 0.500. The van der Waals surface area contributed by atoms with Gasteiger partial charge in [-0.15, -0.1) is 0 Å². The van der Waals surface area contributed by atoms with Crippen molar-refractivity contribution in [2.45, 2.75) is 27.7 Å². The summed E-state index contributed by atoms with van der Waals surface area (Å²) < 4.78 is 10.1. The highest BCUT2D eigenvalue weighted by molar-refractivity contribution is 6.09. The van der Waals surface area contributed by atoms with Crippen LogP contribution in [-0.2, 0) is 9.53 Å². The lowest BCUT2D eigenvalue weighted by Gasteiger charge is -2.27. The van der Waals surface area contributed by atoms with Gasteiger partial charge in [-0.05, 0) is 24.5 Å². The number of carbonyl (C=O) groups excluding carboxylic acids is 2. The molecule has 0 fully saturated rings. The van der Waals surface area contributed by atoms with E-state index in [9.17, 15) is 9.59 Å². The molecular weight excluding hydrogens is 256 g/mol. The first-order chi connectivity index (χ1) is 9.31. The summed E-state index contributed by atoms with van der Waals surface area (Å²) in [6.45, 7) is 7.55. The van der Waals surface area contributed by atoms with Crippen LogP contribution in [0, 0.1) is 11.3 Å². The molecule has 0 amide bonds. The third-order valence-electron chi connectivity index (χ3n) is 3.00. The number of esters is 1. The minimum Gasteiger partial charge on any atom is -0.497 e. The molecule has 0 radical (unpaired) electrons. The molecule has 0 aliphatic carbocycles. The highest BCUT2D eigenvalue weighted by Crippen LogP contribution is 2.31. The quantitative estimate of drug-likeness (QED) is 0.472. The molecular formula is C16H22O4. The molecule has 0 aliphatic rings. The molecule has 1 rings (SSSR count). The highest BCUT2D eigenvalue weighted by Gasteiger charge is 2.39. The van der Waals surface area contributed by atoms with Gasteiger partial charge in [-0.25, -0.2) is 0 Å². The second-order valence-electron chi connectivity index (χ2n) is 5.65. The lowest BCUT2D eigenvalue weighted by molar-refractivity contribution is -0.149. The van der Waals surface area contributed by atoms with Crippen LogP contribution < -0.4 is 4.74 Å². The summed E-state index contributed by atoms with van der Waals surface area (Å²) in [5, 5.41) is 0. The van der Waals surface area contributed by atoms with Crippen LogP contribution in [0.5, 0.6) is 5.75 Å². The lowest BCUT2D eigenvalue weighted by Crippen LogP contribution is -2.37. The predicted molar refractivity (Wildman–Crippen MR) is 76.9 cm³/mol. The molecule has 4 nitrogen and oxygen atoms in total. The van der Waals surface area contributed by atoms with Crippen molar-refractivity contribution in [2.75, 3.05) is 13.7 Å². The van der Waals surface area contributed by atoms with Gasteiger partial charge in [0.25, 0.3) is 0 Å². The van der Waals surface area contributed by atoms with E-state index in [1.54, 1.807) is 31.2 Å². The summed E-state index contributed by atoms with van der Waals surface area (Å²) in [6.07, 6.45) is 0. The zero-order valence-electron chi connectivity index (χ0n) is 12.7. The second-order valence-corrected chi connectivity index (χ2v) is 5.65. The molecule has 110 valence electrons. The Labute approximate surface area is 120 Å². The van der Waals surface area contributed by atoms with E-state index < -0.39 is 17.3 Å². The minimum atomic E-state index is -0.824. The predicted octanol–water partition coefficient (Wildman–Crippen LogP) is 3.10. The van der Waals surface area contributed by atoms with E-state index in [4.69, 9.17) is 9.47 Å². The first-order valence-electron chi connectivity index (χ1n) is 6.66. The number of carbonyl (C=O) groups is 2. The van der Waals surface area contributed by atoms with Crippen molar-refractivity contribution in [1.82, 2.24) is 0 Å². The number of rotatable bonds is 5.